The Labute approximate surface area is 313 Å². The molecule has 0 radical (unpaired) electrons. The highest BCUT2D eigenvalue weighted by atomic mass is 28.4. The number of carbonyl (C=O) groups excluding carboxylic acids is 3. The molecular weight excluding hydrogens is 709 g/mol. The van der Waals surface area contributed by atoms with E-state index in [1.54, 1.807) is 53.2 Å². The molecule has 280 valence electrons. The van der Waals surface area contributed by atoms with E-state index in [0.29, 0.717) is 28.4 Å². The second kappa shape index (κ2) is 14.4. The van der Waals surface area contributed by atoms with Crippen molar-refractivity contribution in [2.24, 2.45) is 5.92 Å². The minimum absolute atomic E-state index is 0.0818. The van der Waals surface area contributed by atoms with E-state index in [9.17, 15) is 34.4 Å². The van der Waals surface area contributed by atoms with E-state index in [1.807, 2.05) is 61.5 Å². The van der Waals surface area contributed by atoms with Crippen molar-refractivity contribution in [3.63, 3.8) is 0 Å². The Kier molecular flexibility index (Phi) is 9.87. The van der Waals surface area contributed by atoms with Crippen LogP contribution < -0.4 is 14.5 Å². The summed E-state index contributed by atoms with van der Waals surface area (Å²) >= 11 is 0. The highest BCUT2D eigenvalue weighted by molar-refractivity contribution is 6.71. The first-order valence-electron chi connectivity index (χ1n) is 17.9. The third kappa shape index (κ3) is 6.55. The number of nitrogens with zero attached hydrogens (tertiary/aromatic N) is 4. The number of ether oxygens (including phenoxy) is 2. The van der Waals surface area contributed by atoms with E-state index >= 15 is 0 Å². The third-order valence-corrected chi connectivity index (χ3v) is 13.2. The summed E-state index contributed by atoms with van der Waals surface area (Å²) < 4.78 is 12.4. The number of para-hydroxylation sites is 2. The Morgan fingerprint density at radius 3 is 2.37 bits per heavy atom. The molecule has 0 bridgehead atoms. The van der Waals surface area contributed by atoms with E-state index in [1.165, 1.54) is 17.0 Å². The van der Waals surface area contributed by atoms with Gasteiger partial charge in [-0.2, -0.15) is 0 Å². The Morgan fingerprint density at radius 1 is 0.981 bits per heavy atom. The molecule has 3 aliphatic rings. The number of hydrogen-bond acceptors (Lipinski definition) is 9. The Bertz CT molecular complexity index is 2090. The number of benzene rings is 4. The Hall–Kier alpha value is -5.41. The zero-order valence-electron chi connectivity index (χ0n) is 30.3. The monoisotopic (exact) mass is 750 g/mol. The summed E-state index contributed by atoms with van der Waals surface area (Å²) in [5.41, 5.74) is 1.08. The molecule has 13 nitrogen and oxygen atoms in total. The van der Waals surface area contributed by atoms with Gasteiger partial charge >= 0.3 is 0 Å². The topological polar surface area (TPSA) is 163 Å². The van der Waals surface area contributed by atoms with E-state index in [0.717, 1.165) is 11.1 Å². The van der Waals surface area contributed by atoms with Crippen LogP contribution in [0, 0.1) is 16.0 Å². The number of nitro benzene ring substituents is 1. The van der Waals surface area contributed by atoms with Gasteiger partial charge < -0.3 is 29.2 Å². The van der Waals surface area contributed by atoms with Crippen molar-refractivity contribution in [3.8, 4) is 5.75 Å². The largest absolute Gasteiger partial charge is 0.482 e. The molecule has 1 saturated heterocycles. The summed E-state index contributed by atoms with van der Waals surface area (Å²) in [5, 5.41) is 21.9. The number of amides is 3. The first-order chi connectivity index (χ1) is 25.8. The summed E-state index contributed by atoms with van der Waals surface area (Å²) in [6.45, 7) is 5.37. The number of hydrogen-bond donors (Lipinski definition) is 2. The minimum Gasteiger partial charge on any atom is -0.482 e. The number of carbonyl (C=O) groups is 3. The molecule has 7 rings (SSSR count). The van der Waals surface area contributed by atoms with Gasteiger partial charge in [0.1, 0.15) is 5.75 Å². The van der Waals surface area contributed by atoms with Gasteiger partial charge in [-0.05, 0) is 54.6 Å². The molecule has 0 saturated carbocycles. The molecule has 4 aromatic carbocycles. The molecule has 3 heterocycles. The van der Waals surface area contributed by atoms with Crippen LogP contribution in [-0.4, -0.2) is 71.6 Å². The third-order valence-electron chi connectivity index (χ3n) is 10.7. The van der Waals surface area contributed by atoms with Gasteiger partial charge in [0.2, 0.25) is 5.91 Å². The lowest BCUT2D eigenvalue weighted by Gasteiger charge is -2.32. The van der Waals surface area contributed by atoms with Crippen LogP contribution in [0.5, 0.6) is 5.75 Å². The first-order valence-corrected chi connectivity index (χ1v) is 20.9. The molecule has 1 spiro atoms. The molecule has 4 atom stereocenters. The van der Waals surface area contributed by atoms with Crippen LogP contribution in [0.1, 0.15) is 30.0 Å². The van der Waals surface area contributed by atoms with Crippen LogP contribution in [0.3, 0.4) is 0 Å². The van der Waals surface area contributed by atoms with Crippen LogP contribution in [0.4, 0.5) is 22.7 Å². The molecular formula is C40H42N4O9Si. The molecule has 54 heavy (non-hydrogen) atoms. The predicted molar refractivity (Wildman–Crippen MR) is 203 cm³/mol. The molecule has 0 aromatic heterocycles. The highest BCUT2D eigenvalue weighted by Gasteiger charge is 2.66. The normalized spacial score (nSPS) is 21.9. The SMILES string of the molecule is C[C@H]1[C@H]([Si](C)(C)O)[C@@H](CC(=O)N(CCO)Cc2ccccc2)O[C@]12C(=O)N(Cc1ccc(N3C(=O)COc4ccccc43)cc1)c1ccc([N+](=O)[O-])cc12. The van der Waals surface area contributed by atoms with Crippen molar-refractivity contribution in [3.05, 3.63) is 124 Å². The average Bonchev–Trinajstić information content (AvgIpc) is 3.57. The number of non-ortho nitro benzene ring substituents is 1. The van der Waals surface area contributed by atoms with E-state index < -0.39 is 42.3 Å². The molecule has 2 N–H and O–H groups in total. The molecule has 14 heteroatoms. The Morgan fingerprint density at radius 2 is 1.69 bits per heavy atom. The van der Waals surface area contributed by atoms with Crippen LogP contribution in [-0.2, 0) is 37.8 Å². The van der Waals surface area contributed by atoms with Gasteiger partial charge in [-0.3, -0.25) is 29.4 Å². The van der Waals surface area contributed by atoms with Crippen molar-refractivity contribution in [1.29, 1.82) is 0 Å². The highest BCUT2D eigenvalue weighted by Crippen LogP contribution is 2.60. The lowest BCUT2D eigenvalue weighted by atomic mass is 9.82. The maximum absolute atomic E-state index is 14.9. The summed E-state index contributed by atoms with van der Waals surface area (Å²) in [4.78, 5) is 69.7. The zero-order valence-corrected chi connectivity index (χ0v) is 31.3. The van der Waals surface area contributed by atoms with Gasteiger partial charge in [-0.25, -0.2) is 0 Å². The van der Waals surface area contributed by atoms with Crippen LogP contribution in [0.15, 0.2) is 97.1 Å². The minimum atomic E-state index is -3.17. The van der Waals surface area contributed by atoms with Gasteiger partial charge in [-0.15, -0.1) is 0 Å². The number of nitro groups is 1. The second-order valence-electron chi connectivity index (χ2n) is 14.6. The fourth-order valence-electron chi connectivity index (χ4n) is 8.37. The second-order valence-corrected chi connectivity index (χ2v) is 18.6. The summed E-state index contributed by atoms with van der Waals surface area (Å²) in [5.74, 6) is -1.04. The average molecular weight is 751 g/mol. The Balaban J connectivity index is 1.21. The zero-order chi connectivity index (χ0) is 38.4. The first kappa shape index (κ1) is 36.9. The summed E-state index contributed by atoms with van der Waals surface area (Å²) in [6, 6.07) is 28.1. The van der Waals surface area contributed by atoms with Crippen molar-refractivity contribution < 1.29 is 38.7 Å². The van der Waals surface area contributed by atoms with E-state index in [4.69, 9.17) is 9.47 Å². The fourth-order valence-corrected chi connectivity index (χ4v) is 10.9. The van der Waals surface area contributed by atoms with Crippen molar-refractivity contribution in [1.82, 2.24) is 4.90 Å². The van der Waals surface area contributed by atoms with Crippen LogP contribution >= 0.6 is 0 Å². The molecule has 4 aromatic rings. The smallest absolute Gasteiger partial charge is 0.269 e. The molecule has 3 amide bonds. The van der Waals surface area contributed by atoms with Crippen LogP contribution in [0.2, 0.25) is 18.6 Å². The number of aliphatic hydroxyl groups excluding tert-OH is 1. The number of aliphatic hydroxyl groups is 1. The van der Waals surface area contributed by atoms with Gasteiger partial charge in [-0.1, -0.05) is 61.5 Å². The fraction of sp³-hybridized carbons (Fsp3) is 0.325. The molecule has 1 fully saturated rings. The van der Waals surface area contributed by atoms with Crippen molar-refractivity contribution >= 4 is 48.8 Å². The summed E-state index contributed by atoms with van der Waals surface area (Å²) in [6.07, 6.45) is -1.05. The quantitative estimate of drug-likeness (QED) is 0.116. The van der Waals surface area contributed by atoms with Gasteiger partial charge in [0.05, 0.1) is 42.0 Å². The number of fused-ring (bicyclic) bond motifs is 3. The maximum Gasteiger partial charge on any atom is 0.269 e. The van der Waals surface area contributed by atoms with Crippen molar-refractivity contribution in [2.45, 2.75) is 56.8 Å². The van der Waals surface area contributed by atoms with Gasteiger partial charge in [0.25, 0.3) is 17.5 Å². The lowest BCUT2D eigenvalue weighted by molar-refractivity contribution is -0.385. The lowest BCUT2D eigenvalue weighted by Crippen LogP contribution is -2.46. The van der Waals surface area contributed by atoms with E-state index in [2.05, 4.69) is 0 Å². The molecule has 0 aliphatic carbocycles. The van der Waals surface area contributed by atoms with Crippen molar-refractivity contribution in [2.75, 3.05) is 29.6 Å². The number of rotatable bonds is 11. The number of anilines is 3. The molecule has 0 unspecified atom stereocenters. The summed E-state index contributed by atoms with van der Waals surface area (Å²) in [7, 11) is -3.17. The maximum atomic E-state index is 14.9. The van der Waals surface area contributed by atoms with Gasteiger partial charge in [0, 0.05) is 47.9 Å². The van der Waals surface area contributed by atoms with Gasteiger partial charge in [0.15, 0.2) is 20.5 Å². The standard InChI is InChI=1S/C40H42N4O9Si/c1-26-38(54(2,3)51)35(22-36(46)41(19-20-45)23-27-9-5-4-6-10-27)53-40(26)31-21-30(44(49)50)17-18-32(31)42(39(40)48)24-28-13-15-29(16-14-28)43-33-11-7-8-12-34(33)52-25-37(43)47/h4-18,21,26,35,38,45,51H,19-20,22-25H2,1-3H3/t26-,35+,38-,40+/m0/s1. The molecule has 3 aliphatic heterocycles. The van der Waals surface area contributed by atoms with Crippen LogP contribution in [0.25, 0.3) is 0 Å². The predicted octanol–water partition coefficient (Wildman–Crippen LogP) is 5.41. The van der Waals surface area contributed by atoms with E-state index in [-0.39, 0.29) is 56.8 Å².